The van der Waals surface area contributed by atoms with Crippen molar-refractivity contribution in [2.75, 3.05) is 20.6 Å². The lowest BCUT2D eigenvalue weighted by Crippen LogP contribution is -2.48. The summed E-state index contributed by atoms with van der Waals surface area (Å²) < 4.78 is 0. The lowest BCUT2D eigenvalue weighted by molar-refractivity contribution is -0.146. The van der Waals surface area contributed by atoms with E-state index in [1.807, 2.05) is 19.0 Å². The zero-order valence-corrected chi connectivity index (χ0v) is 13.9. The highest BCUT2D eigenvalue weighted by Gasteiger charge is 2.42. The van der Waals surface area contributed by atoms with Crippen LogP contribution in [0, 0.1) is 23.7 Å². The number of nitrogens with one attached hydrogen (secondary N) is 1. The zero-order valence-electron chi connectivity index (χ0n) is 13.9. The van der Waals surface area contributed by atoms with Gasteiger partial charge in [0.2, 0.25) is 5.91 Å². The smallest absolute Gasteiger partial charge is 0.307 e. The molecule has 0 spiro atoms. The minimum atomic E-state index is -0.834. The van der Waals surface area contributed by atoms with E-state index < -0.39 is 11.9 Å². The number of carbonyl (C=O) groups is 2. The van der Waals surface area contributed by atoms with E-state index in [0.717, 1.165) is 13.0 Å². The van der Waals surface area contributed by atoms with Crippen LogP contribution in [0.4, 0.5) is 0 Å². The first-order valence-corrected chi connectivity index (χ1v) is 7.94. The Morgan fingerprint density at radius 1 is 1.24 bits per heavy atom. The summed E-state index contributed by atoms with van der Waals surface area (Å²) in [6.45, 7) is 6.98. The molecule has 2 unspecified atom stereocenters. The molecular weight excluding hydrogens is 268 g/mol. The van der Waals surface area contributed by atoms with E-state index in [0.29, 0.717) is 24.7 Å². The normalized spacial score (nSPS) is 27.1. The van der Waals surface area contributed by atoms with Crippen molar-refractivity contribution in [3.8, 4) is 0 Å². The molecule has 5 heteroatoms. The first kappa shape index (κ1) is 18.0. The van der Waals surface area contributed by atoms with Crippen molar-refractivity contribution in [2.45, 2.75) is 46.1 Å². The van der Waals surface area contributed by atoms with Crippen LogP contribution < -0.4 is 5.32 Å². The van der Waals surface area contributed by atoms with E-state index in [9.17, 15) is 14.7 Å². The van der Waals surface area contributed by atoms with E-state index in [-0.39, 0.29) is 17.9 Å². The van der Waals surface area contributed by atoms with Gasteiger partial charge in [0.05, 0.1) is 11.8 Å². The summed E-state index contributed by atoms with van der Waals surface area (Å²) in [5, 5.41) is 12.4. The Balaban J connectivity index is 2.73. The monoisotopic (exact) mass is 298 g/mol. The number of carboxylic acid groups (broad SMARTS) is 1. The number of nitrogens with zero attached hydrogens (tertiary/aromatic N) is 1. The number of hydrogen-bond acceptors (Lipinski definition) is 3. The number of rotatable bonds is 7. The number of carboxylic acids is 1. The summed E-state index contributed by atoms with van der Waals surface area (Å²) in [6, 6.07) is 0.0580. The molecule has 1 amide bonds. The summed E-state index contributed by atoms with van der Waals surface area (Å²) in [4.78, 5) is 26.0. The van der Waals surface area contributed by atoms with Gasteiger partial charge < -0.3 is 15.3 Å². The lowest BCUT2D eigenvalue weighted by Gasteiger charge is -2.27. The first-order valence-electron chi connectivity index (χ1n) is 7.94. The maximum absolute atomic E-state index is 12.5. The number of hydrogen-bond donors (Lipinski definition) is 2. The molecule has 1 rings (SSSR count). The van der Waals surface area contributed by atoms with E-state index in [1.54, 1.807) is 0 Å². The highest BCUT2D eigenvalue weighted by molar-refractivity contribution is 5.85. The van der Waals surface area contributed by atoms with Gasteiger partial charge in [-0.2, -0.15) is 0 Å². The van der Waals surface area contributed by atoms with E-state index in [2.05, 4.69) is 26.1 Å². The van der Waals surface area contributed by atoms with Gasteiger partial charge in [0.1, 0.15) is 0 Å². The standard InChI is InChI=1S/C16H30N2O3/c1-6-11-7-12(13(8-11)16(20)21)15(19)17-14(10(2)3)9-18(4)5/h10-14H,6-9H2,1-5H3,(H,17,19)(H,20,21)/t11?,12-,13+,14?/m0/s1. The van der Waals surface area contributed by atoms with E-state index in [1.165, 1.54) is 0 Å². The molecule has 1 aliphatic carbocycles. The molecule has 1 aliphatic rings. The molecular formula is C16H30N2O3. The van der Waals surface area contributed by atoms with Crippen molar-refractivity contribution in [1.82, 2.24) is 10.2 Å². The number of aliphatic carboxylic acids is 1. The van der Waals surface area contributed by atoms with Crippen LogP contribution in [0.2, 0.25) is 0 Å². The van der Waals surface area contributed by atoms with Crippen LogP contribution in [0.3, 0.4) is 0 Å². The van der Waals surface area contributed by atoms with Gasteiger partial charge in [0.15, 0.2) is 0 Å². The zero-order chi connectivity index (χ0) is 16.2. The van der Waals surface area contributed by atoms with Crippen LogP contribution in [0.1, 0.15) is 40.0 Å². The maximum atomic E-state index is 12.5. The topological polar surface area (TPSA) is 69.6 Å². The highest BCUT2D eigenvalue weighted by atomic mass is 16.4. The minimum Gasteiger partial charge on any atom is -0.481 e. The molecule has 5 nitrogen and oxygen atoms in total. The predicted octanol–water partition coefficient (Wildman–Crippen LogP) is 1.83. The van der Waals surface area contributed by atoms with Gasteiger partial charge in [-0.05, 0) is 38.8 Å². The second-order valence-corrected chi connectivity index (χ2v) is 6.92. The quantitative estimate of drug-likeness (QED) is 0.752. The van der Waals surface area contributed by atoms with Crippen LogP contribution in [0.5, 0.6) is 0 Å². The van der Waals surface area contributed by atoms with Gasteiger partial charge in [-0.1, -0.05) is 27.2 Å². The molecule has 0 aromatic heterocycles. The minimum absolute atomic E-state index is 0.0580. The molecule has 0 aromatic rings. The second kappa shape index (κ2) is 7.78. The third-order valence-corrected chi connectivity index (χ3v) is 4.59. The Hall–Kier alpha value is -1.10. The van der Waals surface area contributed by atoms with Crippen molar-refractivity contribution in [1.29, 1.82) is 0 Å². The van der Waals surface area contributed by atoms with Gasteiger partial charge in [-0.15, -0.1) is 0 Å². The summed E-state index contributed by atoms with van der Waals surface area (Å²) in [7, 11) is 3.95. The molecule has 0 radical (unpaired) electrons. The number of carbonyl (C=O) groups excluding carboxylic acids is 1. The van der Waals surface area contributed by atoms with Gasteiger partial charge in [0, 0.05) is 12.6 Å². The molecule has 0 heterocycles. The molecule has 0 saturated heterocycles. The van der Waals surface area contributed by atoms with Crippen LogP contribution in [0.15, 0.2) is 0 Å². The average molecular weight is 298 g/mol. The molecule has 1 saturated carbocycles. The summed E-state index contributed by atoms with van der Waals surface area (Å²) in [6.07, 6.45) is 2.27. The van der Waals surface area contributed by atoms with Gasteiger partial charge >= 0.3 is 5.97 Å². The van der Waals surface area contributed by atoms with E-state index >= 15 is 0 Å². The summed E-state index contributed by atoms with van der Waals surface area (Å²) in [5.41, 5.74) is 0. The lowest BCUT2D eigenvalue weighted by atomic mass is 9.94. The fraction of sp³-hybridized carbons (Fsp3) is 0.875. The Morgan fingerprint density at radius 2 is 1.81 bits per heavy atom. The fourth-order valence-electron chi connectivity index (χ4n) is 3.15. The van der Waals surface area contributed by atoms with Crippen molar-refractivity contribution in [3.63, 3.8) is 0 Å². The van der Waals surface area contributed by atoms with Gasteiger partial charge in [-0.25, -0.2) is 0 Å². The molecule has 0 aromatic carbocycles. The van der Waals surface area contributed by atoms with Gasteiger partial charge in [0.25, 0.3) is 0 Å². The SMILES string of the molecule is CCC1C[C@H](C(=O)NC(CN(C)C)C(C)C)[C@H](C(=O)O)C1. The largest absolute Gasteiger partial charge is 0.481 e. The van der Waals surface area contributed by atoms with Crippen molar-refractivity contribution >= 4 is 11.9 Å². The van der Waals surface area contributed by atoms with Crippen molar-refractivity contribution < 1.29 is 14.7 Å². The summed E-state index contributed by atoms with van der Waals surface area (Å²) >= 11 is 0. The van der Waals surface area contributed by atoms with Crippen LogP contribution in [0.25, 0.3) is 0 Å². The average Bonchev–Trinajstić information content (AvgIpc) is 2.81. The maximum Gasteiger partial charge on any atom is 0.307 e. The van der Waals surface area contributed by atoms with Crippen LogP contribution in [-0.4, -0.2) is 48.6 Å². The Labute approximate surface area is 128 Å². The first-order chi connectivity index (χ1) is 9.76. The fourth-order valence-corrected chi connectivity index (χ4v) is 3.15. The number of likely N-dealkylation sites (N-methyl/N-ethyl adjacent to an activating group) is 1. The number of amides is 1. The van der Waals surface area contributed by atoms with E-state index in [4.69, 9.17) is 0 Å². The van der Waals surface area contributed by atoms with Crippen molar-refractivity contribution in [3.05, 3.63) is 0 Å². The molecule has 4 atom stereocenters. The third kappa shape index (κ3) is 4.99. The highest BCUT2D eigenvalue weighted by Crippen LogP contribution is 2.38. The summed E-state index contributed by atoms with van der Waals surface area (Å²) in [5.74, 6) is -1.15. The molecule has 1 fully saturated rings. The van der Waals surface area contributed by atoms with Gasteiger partial charge in [-0.3, -0.25) is 9.59 Å². The van der Waals surface area contributed by atoms with Crippen LogP contribution in [-0.2, 0) is 9.59 Å². The second-order valence-electron chi connectivity index (χ2n) is 6.92. The molecule has 2 N–H and O–H groups in total. The Bertz CT molecular complexity index is 369. The third-order valence-electron chi connectivity index (χ3n) is 4.59. The molecule has 0 aliphatic heterocycles. The Morgan fingerprint density at radius 3 is 2.24 bits per heavy atom. The van der Waals surface area contributed by atoms with Crippen molar-refractivity contribution in [2.24, 2.45) is 23.7 Å². The predicted molar refractivity (Wildman–Crippen MR) is 83.0 cm³/mol. The van der Waals surface area contributed by atoms with Crippen LogP contribution >= 0.6 is 0 Å². The molecule has 122 valence electrons. The Kier molecular flexibility index (Phi) is 6.65. The molecule has 0 bridgehead atoms. The molecule has 21 heavy (non-hydrogen) atoms.